The first-order valence-electron chi connectivity index (χ1n) is 13.2. The van der Waals surface area contributed by atoms with Crippen LogP contribution in [-0.2, 0) is 27.4 Å². The molecule has 0 saturated heterocycles. The van der Waals surface area contributed by atoms with Gasteiger partial charge in [-0.15, -0.1) is 0 Å². The second-order valence-electron chi connectivity index (χ2n) is 9.85. The average Bonchev–Trinajstić information content (AvgIpc) is 2.93. The van der Waals surface area contributed by atoms with Gasteiger partial charge in [0.15, 0.2) is 11.6 Å². The maximum absolute atomic E-state index is 15.3. The Morgan fingerprint density at radius 1 is 1.02 bits per heavy atom. The van der Waals surface area contributed by atoms with Gasteiger partial charge in [-0.25, -0.2) is 14.0 Å². The molecule has 3 aromatic rings. The summed E-state index contributed by atoms with van der Waals surface area (Å²) in [6.45, 7) is 6.12. The lowest BCUT2D eigenvalue weighted by Crippen LogP contribution is -2.28. The number of methoxy groups -OCH3 is 1. The number of rotatable bonds is 12. The van der Waals surface area contributed by atoms with Gasteiger partial charge >= 0.3 is 12.2 Å². The van der Waals surface area contributed by atoms with Gasteiger partial charge in [0, 0.05) is 41.9 Å². The third-order valence-corrected chi connectivity index (χ3v) is 6.73. The summed E-state index contributed by atoms with van der Waals surface area (Å²) in [5.41, 5.74) is 3.47. The van der Waals surface area contributed by atoms with Crippen LogP contribution in [0.25, 0.3) is 0 Å². The minimum Gasteiger partial charge on any atom is -0.485 e. The van der Waals surface area contributed by atoms with Crippen molar-refractivity contribution in [2.24, 2.45) is 0 Å². The molecular weight excluding hydrogens is 595 g/mol. The van der Waals surface area contributed by atoms with Crippen LogP contribution in [0.15, 0.2) is 65.1 Å². The number of anilines is 1. The standard InChI is InChI=1S/C31H36BrFN2O6/c1-20-13-25(32)11-12-27(20)21(2)17-39-30(36)34-26-14-24(29(28(33)15-26)41-22(3)18-38-5)16-35(4)31(37)40-19-23-9-7-6-8-10-23/h6-15,21-22H,16-19H2,1-5H3,(H,34,36)/t21-,22-/m0/s1. The number of hydrogen-bond donors (Lipinski definition) is 1. The van der Waals surface area contributed by atoms with Crippen molar-refractivity contribution in [3.8, 4) is 5.75 Å². The number of amides is 2. The zero-order chi connectivity index (χ0) is 29.9. The van der Waals surface area contributed by atoms with Crippen molar-refractivity contribution in [2.45, 2.75) is 45.9 Å². The third kappa shape index (κ3) is 9.75. The topological polar surface area (TPSA) is 86.3 Å². The maximum atomic E-state index is 15.3. The highest BCUT2D eigenvalue weighted by Crippen LogP contribution is 2.30. The molecule has 0 spiro atoms. The van der Waals surface area contributed by atoms with Gasteiger partial charge in [0.1, 0.15) is 12.7 Å². The quantitative estimate of drug-likeness (QED) is 0.224. The summed E-state index contributed by atoms with van der Waals surface area (Å²) >= 11 is 3.45. The lowest BCUT2D eigenvalue weighted by Gasteiger charge is -2.22. The molecule has 220 valence electrons. The predicted molar refractivity (Wildman–Crippen MR) is 159 cm³/mol. The van der Waals surface area contributed by atoms with Crippen molar-refractivity contribution < 1.29 is 32.9 Å². The molecule has 0 fully saturated rings. The van der Waals surface area contributed by atoms with Crippen molar-refractivity contribution in [3.63, 3.8) is 0 Å². The Morgan fingerprint density at radius 2 is 1.76 bits per heavy atom. The van der Waals surface area contributed by atoms with Crippen molar-refractivity contribution in [2.75, 3.05) is 32.7 Å². The Labute approximate surface area is 248 Å². The molecule has 0 bridgehead atoms. The summed E-state index contributed by atoms with van der Waals surface area (Å²) in [7, 11) is 3.05. The number of aryl methyl sites for hydroxylation is 1. The fourth-order valence-electron chi connectivity index (χ4n) is 4.23. The Bertz CT molecular complexity index is 1320. The first-order valence-corrected chi connectivity index (χ1v) is 14.0. The van der Waals surface area contributed by atoms with Gasteiger partial charge in [0.2, 0.25) is 0 Å². The molecule has 2 atom stereocenters. The second kappa shape index (κ2) is 15.4. The van der Waals surface area contributed by atoms with Crippen molar-refractivity contribution in [3.05, 3.63) is 93.2 Å². The van der Waals surface area contributed by atoms with E-state index in [1.54, 1.807) is 13.0 Å². The fraction of sp³-hybridized carbons (Fsp3) is 0.355. The summed E-state index contributed by atoms with van der Waals surface area (Å²) in [5, 5.41) is 2.58. The maximum Gasteiger partial charge on any atom is 0.411 e. The predicted octanol–water partition coefficient (Wildman–Crippen LogP) is 7.43. The monoisotopic (exact) mass is 630 g/mol. The number of ether oxygens (including phenoxy) is 4. The smallest absolute Gasteiger partial charge is 0.411 e. The second-order valence-corrected chi connectivity index (χ2v) is 10.8. The van der Waals surface area contributed by atoms with Crippen molar-refractivity contribution in [1.29, 1.82) is 0 Å². The average molecular weight is 632 g/mol. The van der Waals surface area contributed by atoms with Gasteiger partial charge < -0.3 is 23.8 Å². The number of carbonyl (C=O) groups is 2. The number of halogens is 2. The van der Waals surface area contributed by atoms with Crippen LogP contribution >= 0.6 is 15.9 Å². The van der Waals surface area contributed by atoms with Gasteiger partial charge in [0.05, 0.1) is 19.8 Å². The highest BCUT2D eigenvalue weighted by atomic mass is 79.9. The molecule has 0 radical (unpaired) electrons. The molecule has 1 N–H and O–H groups in total. The van der Waals surface area contributed by atoms with Crippen LogP contribution in [0, 0.1) is 12.7 Å². The lowest BCUT2D eigenvalue weighted by molar-refractivity contribution is 0.0863. The molecule has 0 aromatic heterocycles. The number of hydrogen-bond acceptors (Lipinski definition) is 6. The Hall–Kier alpha value is -3.63. The summed E-state index contributed by atoms with van der Waals surface area (Å²) in [6.07, 6.45) is -1.79. The lowest BCUT2D eigenvalue weighted by atomic mass is 9.97. The molecule has 3 rings (SSSR count). The first-order chi connectivity index (χ1) is 19.6. The van der Waals surface area contributed by atoms with E-state index >= 15 is 4.39 Å². The zero-order valence-corrected chi connectivity index (χ0v) is 25.5. The Balaban J connectivity index is 1.71. The molecule has 0 saturated carbocycles. The van der Waals surface area contributed by atoms with E-state index < -0.39 is 24.1 Å². The van der Waals surface area contributed by atoms with Gasteiger partial charge in [-0.2, -0.15) is 0 Å². The van der Waals surface area contributed by atoms with E-state index in [9.17, 15) is 9.59 Å². The molecular formula is C31H36BrFN2O6. The van der Waals surface area contributed by atoms with E-state index in [0.29, 0.717) is 5.56 Å². The third-order valence-electron chi connectivity index (χ3n) is 6.24. The van der Waals surface area contributed by atoms with Crippen LogP contribution in [0.2, 0.25) is 0 Å². The number of nitrogens with one attached hydrogen (secondary N) is 1. The minimum atomic E-state index is -0.728. The fourth-order valence-corrected chi connectivity index (χ4v) is 4.70. The molecule has 0 heterocycles. The number of nitrogens with zero attached hydrogens (tertiary/aromatic N) is 1. The summed E-state index contributed by atoms with van der Waals surface area (Å²) in [6, 6.07) is 17.9. The molecule has 0 aliphatic rings. The summed E-state index contributed by atoms with van der Waals surface area (Å²) in [4.78, 5) is 26.6. The summed E-state index contributed by atoms with van der Waals surface area (Å²) < 4.78 is 38.0. The molecule has 0 unspecified atom stereocenters. The highest BCUT2D eigenvalue weighted by Gasteiger charge is 2.21. The van der Waals surface area contributed by atoms with Gasteiger partial charge in [0.25, 0.3) is 0 Å². The first kappa shape index (κ1) is 31.9. The van der Waals surface area contributed by atoms with Gasteiger partial charge in [-0.3, -0.25) is 5.32 Å². The molecule has 3 aromatic carbocycles. The molecule has 0 aliphatic heterocycles. The van der Waals surface area contributed by atoms with Crippen LogP contribution in [0.3, 0.4) is 0 Å². The Morgan fingerprint density at radius 3 is 2.44 bits per heavy atom. The Kier molecular flexibility index (Phi) is 12.0. The molecule has 10 heteroatoms. The largest absolute Gasteiger partial charge is 0.485 e. The molecule has 0 aliphatic carbocycles. The van der Waals surface area contributed by atoms with Gasteiger partial charge in [-0.05, 0) is 48.7 Å². The zero-order valence-electron chi connectivity index (χ0n) is 23.9. The van der Waals surface area contributed by atoms with Crippen molar-refractivity contribution >= 4 is 33.8 Å². The molecule has 2 amide bonds. The summed E-state index contributed by atoms with van der Waals surface area (Å²) in [5.74, 6) is -0.795. The van der Waals surface area contributed by atoms with E-state index in [4.69, 9.17) is 18.9 Å². The number of benzene rings is 3. The van der Waals surface area contributed by atoms with Crippen molar-refractivity contribution in [1.82, 2.24) is 4.90 Å². The normalized spacial score (nSPS) is 12.3. The van der Waals surface area contributed by atoms with Gasteiger partial charge in [-0.1, -0.05) is 59.3 Å². The van der Waals surface area contributed by atoms with E-state index in [-0.39, 0.29) is 43.7 Å². The molecule has 41 heavy (non-hydrogen) atoms. The van der Waals surface area contributed by atoms with Crippen LogP contribution in [-0.4, -0.2) is 50.6 Å². The van der Waals surface area contributed by atoms with E-state index in [1.165, 1.54) is 19.1 Å². The van der Waals surface area contributed by atoms with Crippen LogP contribution in [0.1, 0.15) is 42.0 Å². The van der Waals surface area contributed by atoms with Crippen LogP contribution < -0.4 is 10.1 Å². The van der Waals surface area contributed by atoms with E-state index in [0.717, 1.165) is 27.2 Å². The SMILES string of the molecule is COC[C@H](C)Oc1c(F)cc(NC(=O)OC[C@H](C)c2ccc(Br)cc2C)cc1CN(C)C(=O)OCc1ccccc1. The van der Waals surface area contributed by atoms with E-state index in [1.807, 2.05) is 62.4 Å². The highest BCUT2D eigenvalue weighted by molar-refractivity contribution is 9.10. The molecule has 8 nitrogen and oxygen atoms in total. The van der Waals surface area contributed by atoms with Crippen LogP contribution in [0.4, 0.5) is 19.7 Å². The van der Waals surface area contributed by atoms with Crippen LogP contribution in [0.5, 0.6) is 5.75 Å². The van der Waals surface area contributed by atoms with E-state index in [2.05, 4.69) is 21.2 Å². The number of carbonyl (C=O) groups excluding carboxylic acids is 2. The minimum absolute atomic E-state index is 0.0377.